The van der Waals surface area contributed by atoms with Gasteiger partial charge in [0.25, 0.3) is 0 Å². The molecule has 0 amide bonds. The van der Waals surface area contributed by atoms with Crippen molar-refractivity contribution >= 4 is 23.7 Å². The number of aryl methyl sites for hydroxylation is 1. The number of hydrogen-bond acceptors (Lipinski definition) is 3. The zero-order valence-corrected chi connectivity index (χ0v) is 16.2. The maximum Gasteiger partial charge on any atom is 0.169 e. The molecular weight excluding hydrogens is 348 g/mol. The summed E-state index contributed by atoms with van der Waals surface area (Å²) in [5.41, 5.74) is 1.58. The monoisotopic (exact) mass is 374 g/mol. The zero-order chi connectivity index (χ0) is 20.0. The smallest absolute Gasteiger partial charge is 0.169 e. The lowest BCUT2D eigenvalue weighted by Gasteiger charge is -2.32. The van der Waals surface area contributed by atoms with Gasteiger partial charge in [0.15, 0.2) is 11.6 Å². The molecule has 0 spiro atoms. The normalized spacial score (nSPS) is 16.5. The molecule has 1 saturated carbocycles. The molecule has 28 heavy (non-hydrogen) atoms. The van der Waals surface area contributed by atoms with Crippen molar-refractivity contribution in [3.8, 4) is 5.75 Å². The van der Waals surface area contributed by atoms with E-state index in [2.05, 4.69) is 0 Å². The highest BCUT2D eigenvalue weighted by Crippen LogP contribution is 2.39. The maximum atomic E-state index is 13.1. The third-order valence-corrected chi connectivity index (χ3v) is 5.53. The molecule has 1 aliphatic carbocycles. The Morgan fingerprint density at radius 3 is 2.07 bits per heavy atom. The molecule has 144 valence electrons. The summed E-state index contributed by atoms with van der Waals surface area (Å²) in [6.07, 6.45) is 10.7. The van der Waals surface area contributed by atoms with Gasteiger partial charge in [0.05, 0.1) is 5.41 Å². The van der Waals surface area contributed by atoms with Gasteiger partial charge in [0.1, 0.15) is 5.75 Å². The minimum Gasteiger partial charge on any atom is -0.508 e. The number of allylic oxidation sites excluding steroid dienone is 2. The highest BCUT2D eigenvalue weighted by molar-refractivity contribution is 6.17. The number of ketones is 2. The van der Waals surface area contributed by atoms with Gasteiger partial charge in [-0.15, -0.1) is 0 Å². The largest absolute Gasteiger partial charge is 0.508 e. The van der Waals surface area contributed by atoms with Crippen LogP contribution in [-0.2, 0) is 9.59 Å². The Labute approximate surface area is 166 Å². The third-order valence-electron chi connectivity index (χ3n) is 5.53. The Balaban J connectivity index is 1.82. The fourth-order valence-corrected chi connectivity index (χ4v) is 3.78. The first kappa shape index (κ1) is 19.8. The molecule has 0 saturated heterocycles. The van der Waals surface area contributed by atoms with Gasteiger partial charge in [-0.05, 0) is 60.7 Å². The molecule has 2 aromatic carbocycles. The lowest BCUT2D eigenvalue weighted by atomic mass is 9.68. The molecule has 1 aliphatic rings. The van der Waals surface area contributed by atoms with Crippen LogP contribution in [-0.4, -0.2) is 16.7 Å². The number of phenolic OH excluding ortho intramolecular Hbond substituents is 1. The molecular formula is C25H26O3. The van der Waals surface area contributed by atoms with Crippen LogP contribution in [0.1, 0.15) is 48.8 Å². The fraction of sp³-hybridized carbons (Fsp3) is 0.280. The Morgan fingerprint density at radius 1 is 0.857 bits per heavy atom. The molecule has 0 aromatic heterocycles. The van der Waals surface area contributed by atoms with E-state index in [0.29, 0.717) is 12.8 Å². The van der Waals surface area contributed by atoms with Crippen molar-refractivity contribution in [3.05, 3.63) is 77.4 Å². The maximum absolute atomic E-state index is 13.1. The molecule has 3 rings (SSSR count). The molecule has 1 fully saturated rings. The number of phenols is 1. The first-order chi connectivity index (χ1) is 13.5. The van der Waals surface area contributed by atoms with Gasteiger partial charge in [-0.25, -0.2) is 0 Å². The van der Waals surface area contributed by atoms with Crippen LogP contribution in [0.25, 0.3) is 12.2 Å². The van der Waals surface area contributed by atoms with Crippen molar-refractivity contribution in [2.45, 2.75) is 39.0 Å². The predicted molar refractivity (Wildman–Crippen MR) is 113 cm³/mol. The SMILES string of the molecule is Cc1cc(/C=C/C(=O)C2(C(=O)/C=C/c3ccccc3)CCCCC2)ccc1O. The topological polar surface area (TPSA) is 54.4 Å². The van der Waals surface area contributed by atoms with Crippen LogP contribution in [0.3, 0.4) is 0 Å². The summed E-state index contributed by atoms with van der Waals surface area (Å²) >= 11 is 0. The quantitative estimate of drug-likeness (QED) is 0.535. The number of rotatable bonds is 6. The van der Waals surface area contributed by atoms with Crippen molar-refractivity contribution in [2.75, 3.05) is 0 Å². The van der Waals surface area contributed by atoms with Crippen LogP contribution in [0.15, 0.2) is 60.7 Å². The summed E-state index contributed by atoms with van der Waals surface area (Å²) in [6.45, 7) is 1.81. The first-order valence-electron chi connectivity index (χ1n) is 9.81. The molecule has 3 heteroatoms. The van der Waals surface area contributed by atoms with Crippen molar-refractivity contribution in [2.24, 2.45) is 5.41 Å². The standard InChI is InChI=1S/C25H26O3/c1-19-18-21(10-13-22(19)26)12-15-24(28)25(16-6-3-7-17-25)23(27)14-11-20-8-4-2-5-9-20/h2,4-5,8-15,18,26H,3,6-7,16-17H2,1H3/b14-11+,15-12+. The molecule has 2 aromatic rings. The second-order valence-corrected chi connectivity index (χ2v) is 7.49. The van der Waals surface area contributed by atoms with E-state index >= 15 is 0 Å². The third kappa shape index (κ3) is 4.48. The number of benzene rings is 2. The van der Waals surface area contributed by atoms with Crippen LogP contribution >= 0.6 is 0 Å². The summed E-state index contributed by atoms with van der Waals surface area (Å²) in [6, 6.07) is 14.9. The highest BCUT2D eigenvalue weighted by Gasteiger charge is 2.43. The van der Waals surface area contributed by atoms with Gasteiger partial charge >= 0.3 is 0 Å². The van der Waals surface area contributed by atoms with E-state index in [-0.39, 0.29) is 17.3 Å². The van der Waals surface area contributed by atoms with E-state index in [1.807, 2.05) is 43.3 Å². The van der Waals surface area contributed by atoms with E-state index in [0.717, 1.165) is 36.0 Å². The predicted octanol–water partition coefficient (Wildman–Crippen LogP) is 5.52. The second kappa shape index (κ2) is 8.83. The van der Waals surface area contributed by atoms with Gasteiger partial charge < -0.3 is 5.11 Å². The molecule has 1 N–H and O–H groups in total. The van der Waals surface area contributed by atoms with E-state index < -0.39 is 5.41 Å². The van der Waals surface area contributed by atoms with Gasteiger partial charge in [-0.2, -0.15) is 0 Å². The lowest BCUT2D eigenvalue weighted by Crippen LogP contribution is -2.39. The molecule has 0 heterocycles. The summed E-state index contributed by atoms with van der Waals surface area (Å²) in [4.78, 5) is 26.2. The van der Waals surface area contributed by atoms with Crippen LogP contribution in [0.2, 0.25) is 0 Å². The minimum atomic E-state index is -0.952. The molecule has 0 radical (unpaired) electrons. The summed E-state index contributed by atoms with van der Waals surface area (Å²) in [5.74, 6) is 0.00156. The summed E-state index contributed by atoms with van der Waals surface area (Å²) in [5, 5.41) is 9.65. The first-order valence-corrected chi connectivity index (χ1v) is 9.81. The van der Waals surface area contributed by atoms with Gasteiger partial charge in [0.2, 0.25) is 0 Å². The molecule has 0 bridgehead atoms. The Hall–Kier alpha value is -2.94. The number of aromatic hydroxyl groups is 1. The average molecular weight is 374 g/mol. The van der Waals surface area contributed by atoms with Crippen molar-refractivity contribution < 1.29 is 14.7 Å². The van der Waals surface area contributed by atoms with Crippen molar-refractivity contribution in [3.63, 3.8) is 0 Å². The minimum absolute atomic E-state index is 0.104. The van der Waals surface area contributed by atoms with E-state index in [1.165, 1.54) is 6.08 Å². The number of carbonyl (C=O) groups is 2. The second-order valence-electron chi connectivity index (χ2n) is 7.49. The Kier molecular flexibility index (Phi) is 6.25. The molecule has 0 atom stereocenters. The van der Waals surface area contributed by atoms with Crippen molar-refractivity contribution in [1.82, 2.24) is 0 Å². The number of hydrogen-bond donors (Lipinski definition) is 1. The lowest BCUT2D eigenvalue weighted by molar-refractivity contribution is -0.137. The Bertz CT molecular complexity index is 901. The average Bonchev–Trinajstić information content (AvgIpc) is 2.73. The summed E-state index contributed by atoms with van der Waals surface area (Å²) < 4.78 is 0. The molecule has 0 aliphatic heterocycles. The zero-order valence-electron chi connectivity index (χ0n) is 16.2. The molecule has 3 nitrogen and oxygen atoms in total. The fourth-order valence-electron chi connectivity index (χ4n) is 3.78. The van der Waals surface area contributed by atoms with Crippen LogP contribution in [0.5, 0.6) is 5.75 Å². The van der Waals surface area contributed by atoms with Crippen LogP contribution in [0, 0.1) is 12.3 Å². The summed E-state index contributed by atoms with van der Waals surface area (Å²) in [7, 11) is 0. The van der Waals surface area contributed by atoms with Crippen LogP contribution < -0.4 is 0 Å². The highest BCUT2D eigenvalue weighted by atomic mass is 16.3. The van der Waals surface area contributed by atoms with Gasteiger partial charge in [-0.3, -0.25) is 9.59 Å². The van der Waals surface area contributed by atoms with Gasteiger partial charge in [0, 0.05) is 0 Å². The van der Waals surface area contributed by atoms with E-state index in [1.54, 1.807) is 30.4 Å². The Morgan fingerprint density at radius 2 is 1.46 bits per heavy atom. The number of carbonyl (C=O) groups excluding carboxylic acids is 2. The molecule has 0 unspecified atom stereocenters. The van der Waals surface area contributed by atoms with Crippen molar-refractivity contribution in [1.29, 1.82) is 0 Å². The van der Waals surface area contributed by atoms with E-state index in [9.17, 15) is 14.7 Å². The van der Waals surface area contributed by atoms with Gasteiger partial charge in [-0.1, -0.05) is 67.8 Å². The van der Waals surface area contributed by atoms with E-state index in [4.69, 9.17) is 0 Å². The van der Waals surface area contributed by atoms with Crippen LogP contribution in [0.4, 0.5) is 0 Å².